The van der Waals surface area contributed by atoms with E-state index in [0.717, 1.165) is 49.0 Å². The Morgan fingerprint density at radius 1 is 1.09 bits per heavy atom. The number of hydrogen-bond acceptors (Lipinski definition) is 3. The van der Waals surface area contributed by atoms with Gasteiger partial charge in [-0.3, -0.25) is 14.5 Å². The molecule has 1 fully saturated rings. The molecule has 2 amide bonds. The molecule has 180 valence electrons. The molecule has 0 bridgehead atoms. The predicted molar refractivity (Wildman–Crippen MR) is 126 cm³/mol. The van der Waals surface area contributed by atoms with Crippen molar-refractivity contribution in [1.82, 2.24) is 5.32 Å². The van der Waals surface area contributed by atoms with E-state index in [1.54, 1.807) is 24.3 Å². The molecule has 0 aliphatic heterocycles. The van der Waals surface area contributed by atoms with Gasteiger partial charge in [-0.15, -0.1) is 11.3 Å². The Kier molecular flexibility index (Phi) is 8.21. The van der Waals surface area contributed by atoms with Gasteiger partial charge in [0, 0.05) is 21.5 Å². The van der Waals surface area contributed by atoms with Gasteiger partial charge in [0.1, 0.15) is 0 Å². The molecule has 0 saturated heterocycles. The highest BCUT2D eigenvalue weighted by molar-refractivity contribution is 7.12. The summed E-state index contributed by atoms with van der Waals surface area (Å²) in [6.07, 6.45) is 0.362. The maximum absolute atomic E-state index is 13.7. The second-order valence-electron chi connectivity index (χ2n) is 8.77. The van der Waals surface area contributed by atoms with Crippen LogP contribution in [0, 0.1) is 6.92 Å². The summed E-state index contributed by atoms with van der Waals surface area (Å²) in [5.41, 5.74) is 1.02. The highest BCUT2D eigenvalue weighted by atomic mass is 32.1. The highest BCUT2D eigenvalue weighted by Gasteiger charge is 2.48. The molecule has 0 unspecified atom stereocenters. The third kappa shape index (κ3) is 6.16. The van der Waals surface area contributed by atoms with Gasteiger partial charge in [-0.1, -0.05) is 45.2 Å². The van der Waals surface area contributed by atoms with Gasteiger partial charge in [0.25, 0.3) is 0 Å². The molecule has 0 spiro atoms. The van der Waals surface area contributed by atoms with E-state index in [2.05, 4.69) is 5.32 Å². The zero-order valence-electron chi connectivity index (χ0n) is 19.2. The Morgan fingerprint density at radius 2 is 1.73 bits per heavy atom. The molecule has 2 aromatic rings. The predicted octanol–water partition coefficient (Wildman–Crippen LogP) is 6.66. The molecule has 2 atom stereocenters. The number of aryl methyl sites for hydroxylation is 1. The summed E-state index contributed by atoms with van der Waals surface area (Å²) in [7, 11) is 0. The molecule has 1 aromatic heterocycles. The molecular weight excluding hydrogens is 449 g/mol. The van der Waals surface area contributed by atoms with Gasteiger partial charge in [-0.2, -0.15) is 13.2 Å². The minimum absolute atomic E-state index is 0.0548. The zero-order valence-corrected chi connectivity index (χ0v) is 20.1. The molecular formula is C25H31F3N2O2S. The SMILES string of the molecule is CC[C@@H](C)c1ccc(N(C(=O)C(F)(F)F)[C@@H](C(=O)NC2CCCCC2)c2ccc(C)s2)cc1. The van der Waals surface area contributed by atoms with Crippen molar-refractivity contribution in [3.8, 4) is 0 Å². The van der Waals surface area contributed by atoms with Crippen LogP contribution >= 0.6 is 11.3 Å². The van der Waals surface area contributed by atoms with Crippen LogP contribution in [0.4, 0.5) is 18.9 Å². The molecule has 33 heavy (non-hydrogen) atoms. The number of rotatable bonds is 7. The van der Waals surface area contributed by atoms with E-state index in [4.69, 9.17) is 0 Å². The van der Waals surface area contributed by atoms with Crippen LogP contribution in [0.3, 0.4) is 0 Å². The number of hydrogen-bond donors (Lipinski definition) is 1. The fourth-order valence-corrected chi connectivity index (χ4v) is 5.19. The first-order valence-corrected chi connectivity index (χ1v) is 12.3. The Hall–Kier alpha value is -2.35. The maximum Gasteiger partial charge on any atom is 0.471 e. The molecule has 1 heterocycles. The van der Waals surface area contributed by atoms with Crippen molar-refractivity contribution in [3.05, 3.63) is 51.7 Å². The highest BCUT2D eigenvalue weighted by Crippen LogP contribution is 2.36. The van der Waals surface area contributed by atoms with Gasteiger partial charge in [0.15, 0.2) is 6.04 Å². The molecule has 1 aromatic carbocycles. The van der Waals surface area contributed by atoms with Crippen molar-refractivity contribution in [2.75, 3.05) is 4.90 Å². The van der Waals surface area contributed by atoms with Crippen LogP contribution in [0.1, 0.15) is 79.6 Å². The summed E-state index contributed by atoms with van der Waals surface area (Å²) in [6, 6.07) is 8.38. The van der Waals surface area contributed by atoms with Crippen LogP contribution in [0.15, 0.2) is 36.4 Å². The van der Waals surface area contributed by atoms with Gasteiger partial charge >= 0.3 is 12.1 Å². The van der Waals surface area contributed by atoms with Crippen molar-refractivity contribution in [3.63, 3.8) is 0 Å². The van der Waals surface area contributed by atoms with Crippen LogP contribution < -0.4 is 10.2 Å². The number of nitrogens with one attached hydrogen (secondary N) is 1. The zero-order chi connectivity index (χ0) is 24.2. The van der Waals surface area contributed by atoms with E-state index in [1.807, 2.05) is 20.8 Å². The smallest absolute Gasteiger partial charge is 0.351 e. The minimum atomic E-state index is -5.12. The van der Waals surface area contributed by atoms with Crippen LogP contribution in [-0.4, -0.2) is 24.0 Å². The molecule has 0 radical (unpaired) electrons. The van der Waals surface area contributed by atoms with E-state index >= 15 is 0 Å². The van der Waals surface area contributed by atoms with Crippen LogP contribution in [0.5, 0.6) is 0 Å². The maximum atomic E-state index is 13.7. The van der Waals surface area contributed by atoms with E-state index < -0.39 is 24.0 Å². The van der Waals surface area contributed by atoms with E-state index in [1.165, 1.54) is 23.5 Å². The number of thiophene rings is 1. The van der Waals surface area contributed by atoms with Crippen LogP contribution in [0.2, 0.25) is 0 Å². The Labute approximate surface area is 197 Å². The lowest BCUT2D eigenvalue weighted by molar-refractivity contribution is -0.171. The second-order valence-corrected chi connectivity index (χ2v) is 10.1. The summed E-state index contributed by atoms with van der Waals surface area (Å²) >= 11 is 1.23. The summed E-state index contributed by atoms with van der Waals surface area (Å²) in [6.45, 7) is 5.88. The fourth-order valence-electron chi connectivity index (χ4n) is 4.22. The van der Waals surface area contributed by atoms with Gasteiger partial charge in [0.2, 0.25) is 5.91 Å². The van der Waals surface area contributed by atoms with E-state index in [-0.39, 0.29) is 17.6 Å². The molecule has 3 rings (SSSR count). The first-order valence-electron chi connectivity index (χ1n) is 11.5. The topological polar surface area (TPSA) is 49.4 Å². The Morgan fingerprint density at radius 3 is 2.24 bits per heavy atom. The largest absolute Gasteiger partial charge is 0.471 e. The fraction of sp³-hybridized carbons (Fsp3) is 0.520. The lowest BCUT2D eigenvalue weighted by Crippen LogP contribution is -2.50. The van der Waals surface area contributed by atoms with Crippen LogP contribution in [0.25, 0.3) is 0 Å². The summed E-state index contributed by atoms with van der Waals surface area (Å²) in [5.74, 6) is -2.39. The number of nitrogens with zero attached hydrogens (tertiary/aromatic N) is 1. The third-order valence-electron chi connectivity index (χ3n) is 6.30. The number of anilines is 1. The van der Waals surface area contributed by atoms with Gasteiger partial charge in [-0.05, 0) is 61.9 Å². The Balaban J connectivity index is 2.04. The molecule has 1 aliphatic rings. The third-order valence-corrected chi connectivity index (χ3v) is 7.36. The number of alkyl halides is 3. The average Bonchev–Trinajstić information content (AvgIpc) is 3.22. The van der Waals surface area contributed by atoms with Gasteiger partial charge in [0.05, 0.1) is 0 Å². The van der Waals surface area contributed by atoms with Crippen molar-refractivity contribution in [2.24, 2.45) is 0 Å². The molecule has 4 nitrogen and oxygen atoms in total. The standard InChI is InChI=1S/C25H31F3N2O2S/c1-4-16(2)18-11-13-20(14-12-18)30(24(32)25(26,27)28)22(21-15-10-17(3)33-21)23(31)29-19-8-6-5-7-9-19/h10-16,19,22H,4-9H2,1-3H3,(H,29,31)/t16-,22-/m1/s1. The van der Waals surface area contributed by atoms with E-state index in [0.29, 0.717) is 9.78 Å². The molecule has 1 N–H and O–H groups in total. The molecule has 1 aliphatic carbocycles. The first kappa shape index (κ1) is 25.3. The molecule has 1 saturated carbocycles. The monoisotopic (exact) mass is 480 g/mol. The number of amides is 2. The second kappa shape index (κ2) is 10.7. The first-order chi connectivity index (χ1) is 15.6. The number of carbonyl (C=O) groups is 2. The summed E-state index contributed by atoms with van der Waals surface area (Å²) in [4.78, 5) is 28.0. The lowest BCUT2D eigenvalue weighted by atomic mass is 9.95. The molecule has 8 heteroatoms. The number of halogens is 3. The average molecular weight is 481 g/mol. The normalized spacial score (nSPS) is 16.8. The van der Waals surface area contributed by atoms with Crippen molar-refractivity contribution < 1.29 is 22.8 Å². The minimum Gasteiger partial charge on any atom is -0.351 e. The van der Waals surface area contributed by atoms with E-state index in [9.17, 15) is 22.8 Å². The van der Waals surface area contributed by atoms with Crippen molar-refractivity contribution in [2.45, 2.75) is 83.5 Å². The Bertz CT molecular complexity index is 949. The van der Waals surface area contributed by atoms with Crippen molar-refractivity contribution in [1.29, 1.82) is 0 Å². The number of carbonyl (C=O) groups excluding carboxylic acids is 2. The van der Waals surface area contributed by atoms with Gasteiger partial charge < -0.3 is 5.32 Å². The number of benzene rings is 1. The summed E-state index contributed by atoms with van der Waals surface area (Å²) < 4.78 is 41.2. The van der Waals surface area contributed by atoms with Crippen LogP contribution in [-0.2, 0) is 9.59 Å². The van der Waals surface area contributed by atoms with Crippen molar-refractivity contribution >= 4 is 28.8 Å². The quantitative estimate of drug-likeness (QED) is 0.482. The lowest BCUT2D eigenvalue weighted by Gasteiger charge is -2.33. The summed E-state index contributed by atoms with van der Waals surface area (Å²) in [5, 5.41) is 2.93. The van der Waals surface area contributed by atoms with Gasteiger partial charge in [-0.25, -0.2) is 0 Å².